The van der Waals surface area contributed by atoms with Crippen LogP contribution in [0.25, 0.3) is 0 Å². The second-order valence-corrected chi connectivity index (χ2v) is 7.11. The topological polar surface area (TPSA) is 55.4 Å². The fourth-order valence-electron chi connectivity index (χ4n) is 2.64. The van der Waals surface area contributed by atoms with Crippen LogP contribution in [0.2, 0.25) is 0 Å². The second kappa shape index (κ2) is 6.59. The number of sulfonamides is 1. The zero-order chi connectivity index (χ0) is 14.6. The van der Waals surface area contributed by atoms with Crippen LogP contribution in [0, 0.1) is 5.92 Å². The van der Waals surface area contributed by atoms with Crippen molar-refractivity contribution in [3.63, 3.8) is 0 Å². The van der Waals surface area contributed by atoms with Crippen LogP contribution in [0.3, 0.4) is 0 Å². The van der Waals surface area contributed by atoms with Crippen molar-refractivity contribution in [1.82, 2.24) is 4.72 Å². The van der Waals surface area contributed by atoms with Gasteiger partial charge in [-0.1, -0.05) is 19.8 Å². The van der Waals surface area contributed by atoms with E-state index in [2.05, 4.69) is 11.6 Å². The van der Waals surface area contributed by atoms with Gasteiger partial charge in [0.1, 0.15) is 5.75 Å². The van der Waals surface area contributed by atoms with Gasteiger partial charge in [-0.3, -0.25) is 0 Å². The Morgan fingerprint density at radius 2 is 1.85 bits per heavy atom. The lowest BCUT2D eigenvalue weighted by Crippen LogP contribution is -2.40. The largest absolute Gasteiger partial charge is 0.494 e. The van der Waals surface area contributed by atoms with Crippen LogP contribution in [0.1, 0.15) is 39.5 Å². The van der Waals surface area contributed by atoms with E-state index in [0.29, 0.717) is 23.2 Å². The average molecular weight is 297 g/mol. The summed E-state index contributed by atoms with van der Waals surface area (Å²) in [5.41, 5.74) is 0. The van der Waals surface area contributed by atoms with Crippen molar-refractivity contribution in [3.8, 4) is 5.75 Å². The molecule has 1 aromatic carbocycles. The Morgan fingerprint density at radius 1 is 1.20 bits per heavy atom. The lowest BCUT2D eigenvalue weighted by Gasteiger charge is -2.29. The Labute approximate surface area is 121 Å². The molecule has 1 aliphatic carbocycles. The average Bonchev–Trinajstić information content (AvgIpc) is 2.42. The zero-order valence-corrected chi connectivity index (χ0v) is 12.9. The monoisotopic (exact) mass is 297 g/mol. The maximum Gasteiger partial charge on any atom is 0.240 e. The molecule has 0 bridgehead atoms. The highest BCUT2D eigenvalue weighted by Gasteiger charge is 2.26. The Balaban J connectivity index is 2.09. The van der Waals surface area contributed by atoms with Crippen molar-refractivity contribution in [2.24, 2.45) is 5.92 Å². The Bertz CT molecular complexity index is 525. The molecule has 5 heteroatoms. The standard InChI is InChI=1S/C15H23NO3S/c1-3-19-13-8-10-14(11-9-13)20(17,18)16-15-7-5-4-6-12(15)2/h8-12,15-16H,3-7H2,1-2H3/t12-,15-/m0/s1. The minimum atomic E-state index is -3.43. The van der Waals surface area contributed by atoms with E-state index < -0.39 is 10.0 Å². The first-order valence-corrected chi connectivity index (χ1v) is 8.76. The highest BCUT2D eigenvalue weighted by Crippen LogP contribution is 2.25. The van der Waals surface area contributed by atoms with Crippen molar-refractivity contribution in [2.75, 3.05) is 6.61 Å². The van der Waals surface area contributed by atoms with Crippen LogP contribution in [0.5, 0.6) is 5.75 Å². The molecule has 20 heavy (non-hydrogen) atoms. The molecule has 112 valence electrons. The van der Waals surface area contributed by atoms with Crippen LogP contribution in [-0.2, 0) is 10.0 Å². The molecule has 1 fully saturated rings. The molecule has 1 aliphatic rings. The maximum absolute atomic E-state index is 12.4. The Hall–Kier alpha value is -1.07. The van der Waals surface area contributed by atoms with Crippen LogP contribution in [-0.4, -0.2) is 21.1 Å². The van der Waals surface area contributed by atoms with Gasteiger partial charge in [-0.25, -0.2) is 13.1 Å². The minimum absolute atomic E-state index is 0.0559. The highest BCUT2D eigenvalue weighted by molar-refractivity contribution is 7.89. The van der Waals surface area contributed by atoms with Crippen molar-refractivity contribution in [2.45, 2.75) is 50.5 Å². The van der Waals surface area contributed by atoms with Gasteiger partial charge in [0, 0.05) is 6.04 Å². The van der Waals surface area contributed by atoms with E-state index in [-0.39, 0.29) is 6.04 Å². The van der Waals surface area contributed by atoms with E-state index in [0.717, 1.165) is 19.3 Å². The maximum atomic E-state index is 12.4. The third-order valence-corrected chi connectivity index (χ3v) is 5.37. The van der Waals surface area contributed by atoms with Crippen LogP contribution in [0.4, 0.5) is 0 Å². The van der Waals surface area contributed by atoms with Gasteiger partial charge in [0.15, 0.2) is 0 Å². The predicted octanol–water partition coefficient (Wildman–Crippen LogP) is 2.94. The van der Waals surface area contributed by atoms with E-state index in [1.165, 1.54) is 6.42 Å². The first kappa shape index (κ1) is 15.3. The van der Waals surface area contributed by atoms with E-state index in [4.69, 9.17) is 4.74 Å². The predicted molar refractivity (Wildman–Crippen MR) is 79.4 cm³/mol. The minimum Gasteiger partial charge on any atom is -0.494 e. The van der Waals surface area contributed by atoms with Gasteiger partial charge in [0.05, 0.1) is 11.5 Å². The van der Waals surface area contributed by atoms with Crippen LogP contribution >= 0.6 is 0 Å². The van der Waals surface area contributed by atoms with Gasteiger partial charge < -0.3 is 4.74 Å². The number of nitrogens with one attached hydrogen (secondary N) is 1. The molecular formula is C15H23NO3S. The van der Waals surface area contributed by atoms with Crippen molar-refractivity contribution < 1.29 is 13.2 Å². The van der Waals surface area contributed by atoms with Gasteiger partial charge >= 0.3 is 0 Å². The Kier molecular flexibility index (Phi) is 5.05. The molecule has 0 unspecified atom stereocenters. The summed E-state index contributed by atoms with van der Waals surface area (Å²) in [6.07, 6.45) is 4.32. The SMILES string of the molecule is CCOc1ccc(S(=O)(=O)N[C@H]2CCCC[C@@H]2C)cc1. The summed E-state index contributed by atoms with van der Waals surface area (Å²) in [5, 5.41) is 0. The first-order valence-electron chi connectivity index (χ1n) is 7.28. The molecule has 2 rings (SSSR count). The van der Waals surface area contributed by atoms with Crippen LogP contribution in [0.15, 0.2) is 29.2 Å². The third kappa shape index (κ3) is 3.73. The third-order valence-electron chi connectivity index (χ3n) is 3.86. The van der Waals surface area contributed by atoms with Crippen molar-refractivity contribution in [1.29, 1.82) is 0 Å². The summed E-state index contributed by atoms with van der Waals surface area (Å²) in [6.45, 7) is 4.59. The molecule has 0 amide bonds. The second-order valence-electron chi connectivity index (χ2n) is 5.39. The molecular weight excluding hydrogens is 274 g/mol. The highest BCUT2D eigenvalue weighted by atomic mass is 32.2. The van der Waals surface area contributed by atoms with E-state index >= 15 is 0 Å². The fraction of sp³-hybridized carbons (Fsp3) is 0.600. The summed E-state index contributed by atoms with van der Waals surface area (Å²) in [7, 11) is -3.43. The summed E-state index contributed by atoms with van der Waals surface area (Å²) in [5.74, 6) is 1.10. The molecule has 1 aromatic rings. The normalized spacial score (nSPS) is 23.5. The van der Waals surface area contributed by atoms with Crippen LogP contribution < -0.4 is 9.46 Å². The molecule has 0 aliphatic heterocycles. The Morgan fingerprint density at radius 3 is 2.45 bits per heavy atom. The molecule has 2 atom stereocenters. The van der Waals surface area contributed by atoms with Gasteiger partial charge in [0.25, 0.3) is 0 Å². The van der Waals surface area contributed by atoms with Crippen molar-refractivity contribution in [3.05, 3.63) is 24.3 Å². The molecule has 0 aromatic heterocycles. The lowest BCUT2D eigenvalue weighted by atomic mass is 9.87. The lowest BCUT2D eigenvalue weighted by molar-refractivity contribution is 0.310. The number of hydrogen-bond donors (Lipinski definition) is 1. The van der Waals surface area contributed by atoms with Gasteiger partial charge in [-0.2, -0.15) is 0 Å². The van der Waals surface area contributed by atoms with Gasteiger partial charge in [0.2, 0.25) is 10.0 Å². The van der Waals surface area contributed by atoms with Crippen molar-refractivity contribution >= 4 is 10.0 Å². The molecule has 1 saturated carbocycles. The summed E-state index contributed by atoms with van der Waals surface area (Å²) >= 11 is 0. The summed E-state index contributed by atoms with van der Waals surface area (Å²) < 4.78 is 32.9. The summed E-state index contributed by atoms with van der Waals surface area (Å²) in [6, 6.07) is 6.65. The van der Waals surface area contributed by atoms with Gasteiger partial charge in [-0.05, 0) is 49.9 Å². The summed E-state index contributed by atoms with van der Waals surface area (Å²) in [4.78, 5) is 0.304. The number of benzene rings is 1. The molecule has 0 heterocycles. The molecule has 4 nitrogen and oxygen atoms in total. The molecule has 0 saturated heterocycles. The van der Waals surface area contributed by atoms with E-state index in [1.54, 1.807) is 24.3 Å². The molecule has 0 spiro atoms. The number of rotatable bonds is 5. The quantitative estimate of drug-likeness (QED) is 0.909. The molecule has 0 radical (unpaired) electrons. The zero-order valence-electron chi connectivity index (χ0n) is 12.1. The van der Waals surface area contributed by atoms with Gasteiger partial charge in [-0.15, -0.1) is 0 Å². The van der Waals surface area contributed by atoms with E-state index in [1.807, 2.05) is 6.92 Å². The first-order chi connectivity index (χ1) is 9.53. The number of ether oxygens (including phenoxy) is 1. The fourth-order valence-corrected chi connectivity index (χ4v) is 4.02. The molecule has 1 N–H and O–H groups in total. The van der Waals surface area contributed by atoms with E-state index in [9.17, 15) is 8.42 Å². The smallest absolute Gasteiger partial charge is 0.240 e. The number of hydrogen-bond acceptors (Lipinski definition) is 3.